The third kappa shape index (κ3) is 7.20. The van der Waals surface area contributed by atoms with Gasteiger partial charge in [0.15, 0.2) is 0 Å². The van der Waals surface area contributed by atoms with Gasteiger partial charge in [0, 0.05) is 0 Å². The Morgan fingerprint density at radius 2 is 1.85 bits per heavy atom. The van der Waals surface area contributed by atoms with Gasteiger partial charge in [-0.25, -0.2) is 9.13 Å². The lowest BCUT2D eigenvalue weighted by molar-refractivity contribution is -0.0754. The normalized spacial score (nSPS) is 14.7. The van der Waals surface area contributed by atoms with Crippen molar-refractivity contribution in [3.05, 3.63) is 0 Å². The Morgan fingerprint density at radius 3 is 2.25 bits per heavy atom. The number of hydrogen-bond acceptors (Lipinski definition) is 6. The second-order valence-corrected chi connectivity index (χ2v) is 6.21. The Labute approximate surface area is 119 Å². The summed E-state index contributed by atoms with van der Waals surface area (Å²) in [7, 11) is -5.43. The predicted octanol–water partition coefficient (Wildman–Crippen LogP) is 1.24. The molecule has 0 rings (SSSR count). The Hall–Kier alpha value is 0.0900. The van der Waals surface area contributed by atoms with Crippen LogP contribution in [0.25, 0.3) is 0 Å². The van der Waals surface area contributed by atoms with Crippen molar-refractivity contribution in [3.63, 3.8) is 0 Å². The zero-order valence-corrected chi connectivity index (χ0v) is 13.1. The summed E-state index contributed by atoms with van der Waals surface area (Å²) in [5, 5.41) is 18.9. The molecule has 0 aromatic carbocycles. The Bertz CT molecular complexity index is 314. The van der Waals surface area contributed by atoms with E-state index < -0.39 is 41.2 Å². The minimum atomic E-state index is -4.78. The predicted molar refractivity (Wildman–Crippen MR) is 71.2 cm³/mol. The van der Waals surface area contributed by atoms with Gasteiger partial charge in [0.05, 0.1) is 31.3 Å². The van der Waals surface area contributed by atoms with E-state index in [0.717, 1.165) is 12.8 Å². The molecule has 10 heteroatoms. The molecule has 1 atom stereocenters. The van der Waals surface area contributed by atoms with Crippen molar-refractivity contribution >= 4 is 16.5 Å². The van der Waals surface area contributed by atoms with Crippen molar-refractivity contribution in [2.75, 3.05) is 19.8 Å². The molecule has 0 spiro atoms. The Balaban J connectivity index is 5.06. The van der Waals surface area contributed by atoms with E-state index in [4.69, 9.17) is 14.3 Å². The quantitative estimate of drug-likeness (QED) is 0.310. The zero-order valence-electron chi connectivity index (χ0n) is 11.3. The minimum Gasteiger partial charge on any atom is -0.396 e. The van der Waals surface area contributed by atoms with Crippen LogP contribution in [0.3, 0.4) is 0 Å². The molecule has 0 fully saturated rings. The van der Waals surface area contributed by atoms with E-state index in [1.54, 1.807) is 0 Å². The fourth-order valence-corrected chi connectivity index (χ4v) is 2.78. The summed E-state index contributed by atoms with van der Waals surface area (Å²) in [6.07, 6.45) is 1.45. The molecule has 120 valence electrons. The standard InChI is InChI=1S/C10H22O8P2/c1-2-3-4-5-9(18-20(14,15)16)10(6-11,7-12)8-17-19-13/h9,11-12H,2-8H2,1H3,(H2,14,15,16). The number of rotatable bonds is 12. The molecule has 0 radical (unpaired) electrons. The molecule has 0 bridgehead atoms. The summed E-state index contributed by atoms with van der Waals surface area (Å²) < 4.78 is 30.7. The monoisotopic (exact) mass is 332 g/mol. The highest BCUT2D eigenvalue weighted by molar-refractivity contribution is 7.46. The summed E-state index contributed by atoms with van der Waals surface area (Å²) in [4.78, 5) is 17.9. The molecule has 0 aromatic rings. The second kappa shape index (κ2) is 9.92. The van der Waals surface area contributed by atoms with E-state index in [1.807, 2.05) is 6.92 Å². The molecule has 0 aromatic heterocycles. The summed E-state index contributed by atoms with van der Waals surface area (Å²) in [5.74, 6) is 0. The highest BCUT2D eigenvalue weighted by Gasteiger charge is 2.42. The maximum Gasteiger partial charge on any atom is 0.469 e. The Kier molecular flexibility index (Phi) is 9.97. The van der Waals surface area contributed by atoms with Gasteiger partial charge in [-0.15, -0.1) is 0 Å². The maximum absolute atomic E-state index is 11.0. The van der Waals surface area contributed by atoms with E-state index in [1.165, 1.54) is 0 Å². The molecule has 0 aliphatic heterocycles. The van der Waals surface area contributed by atoms with Crippen molar-refractivity contribution in [3.8, 4) is 0 Å². The van der Waals surface area contributed by atoms with Crippen molar-refractivity contribution in [1.29, 1.82) is 0 Å². The molecule has 0 heterocycles. The maximum atomic E-state index is 11.0. The largest absolute Gasteiger partial charge is 0.469 e. The summed E-state index contributed by atoms with van der Waals surface area (Å²) in [5.41, 5.74) is -1.42. The first-order chi connectivity index (χ1) is 9.35. The molecule has 0 saturated carbocycles. The number of phosphoric acid groups is 1. The van der Waals surface area contributed by atoms with Gasteiger partial charge in [0.1, 0.15) is 0 Å². The summed E-state index contributed by atoms with van der Waals surface area (Å²) in [6, 6.07) is 0. The first kappa shape index (κ1) is 20.1. The number of unbranched alkanes of at least 4 members (excludes halogenated alkanes) is 2. The molecule has 0 amide bonds. The fraction of sp³-hybridized carbons (Fsp3) is 1.00. The molecule has 0 aliphatic carbocycles. The third-order valence-electron chi connectivity index (χ3n) is 3.05. The van der Waals surface area contributed by atoms with Crippen molar-refractivity contribution in [2.24, 2.45) is 5.41 Å². The second-order valence-electron chi connectivity index (χ2n) is 4.61. The molecule has 8 nitrogen and oxygen atoms in total. The number of aliphatic hydroxyl groups is 2. The van der Waals surface area contributed by atoms with E-state index in [2.05, 4.69) is 4.52 Å². The zero-order chi connectivity index (χ0) is 15.6. The van der Waals surface area contributed by atoms with Crippen molar-refractivity contribution < 1.29 is 38.2 Å². The smallest absolute Gasteiger partial charge is 0.396 e. The summed E-state index contributed by atoms with van der Waals surface area (Å²) >= 11 is 0. The van der Waals surface area contributed by atoms with Gasteiger partial charge in [0.25, 0.3) is 0 Å². The topological polar surface area (TPSA) is 134 Å². The lowest BCUT2D eigenvalue weighted by atomic mass is 9.82. The minimum absolute atomic E-state index is 0.235. The summed E-state index contributed by atoms with van der Waals surface area (Å²) in [6.45, 7) is 0.386. The lowest BCUT2D eigenvalue weighted by Gasteiger charge is -2.36. The van der Waals surface area contributed by atoms with Crippen LogP contribution in [0.15, 0.2) is 0 Å². The molecule has 1 unspecified atom stereocenters. The molecular formula is C10H22O8P2. The average molecular weight is 332 g/mol. The highest BCUT2D eigenvalue weighted by atomic mass is 31.2. The van der Waals surface area contributed by atoms with Gasteiger partial charge in [-0.1, -0.05) is 26.2 Å². The van der Waals surface area contributed by atoms with Crippen LogP contribution in [0.5, 0.6) is 0 Å². The van der Waals surface area contributed by atoms with Crippen LogP contribution in [0.1, 0.15) is 32.6 Å². The molecule has 20 heavy (non-hydrogen) atoms. The molecular weight excluding hydrogens is 310 g/mol. The van der Waals surface area contributed by atoms with Crippen LogP contribution >= 0.6 is 16.5 Å². The van der Waals surface area contributed by atoms with Crippen LogP contribution < -0.4 is 0 Å². The lowest BCUT2D eigenvalue weighted by Crippen LogP contribution is -2.46. The van der Waals surface area contributed by atoms with Crippen LogP contribution in [0, 0.1) is 5.41 Å². The van der Waals surface area contributed by atoms with Gasteiger partial charge < -0.3 is 20.0 Å². The third-order valence-corrected chi connectivity index (χ3v) is 3.82. The van der Waals surface area contributed by atoms with Crippen molar-refractivity contribution in [2.45, 2.75) is 38.7 Å². The number of hydrogen-bond donors (Lipinski definition) is 4. The van der Waals surface area contributed by atoms with Gasteiger partial charge in [-0.05, 0) is 6.42 Å². The van der Waals surface area contributed by atoms with Gasteiger partial charge >= 0.3 is 16.5 Å². The number of phosphoric ester groups is 1. The first-order valence-corrected chi connectivity index (χ1v) is 8.51. The Morgan fingerprint density at radius 1 is 1.25 bits per heavy atom. The average Bonchev–Trinajstić information content (AvgIpc) is 2.39. The van der Waals surface area contributed by atoms with E-state index in [9.17, 15) is 19.3 Å². The van der Waals surface area contributed by atoms with E-state index in [0.29, 0.717) is 6.42 Å². The fourth-order valence-electron chi connectivity index (χ4n) is 1.81. The molecule has 4 N–H and O–H groups in total. The van der Waals surface area contributed by atoms with Gasteiger partial charge in [0.2, 0.25) is 0 Å². The van der Waals surface area contributed by atoms with Gasteiger partial charge in [-0.2, -0.15) is 0 Å². The molecule has 0 aliphatic rings. The SMILES string of the molecule is CCCCCC(OP(=O)(O)O)C(CO)(CO)COP=O. The van der Waals surface area contributed by atoms with E-state index in [-0.39, 0.29) is 13.0 Å². The van der Waals surface area contributed by atoms with Crippen molar-refractivity contribution in [1.82, 2.24) is 0 Å². The van der Waals surface area contributed by atoms with Crippen LogP contribution in [-0.4, -0.2) is 45.9 Å². The molecule has 0 saturated heterocycles. The first-order valence-electron chi connectivity index (χ1n) is 6.25. The van der Waals surface area contributed by atoms with Crippen LogP contribution in [0.4, 0.5) is 0 Å². The highest BCUT2D eigenvalue weighted by Crippen LogP contribution is 2.43. The number of aliphatic hydroxyl groups excluding tert-OH is 2. The van der Waals surface area contributed by atoms with Crippen LogP contribution in [-0.2, 0) is 18.2 Å². The van der Waals surface area contributed by atoms with Crippen LogP contribution in [0.2, 0.25) is 0 Å². The van der Waals surface area contributed by atoms with E-state index >= 15 is 0 Å². The van der Waals surface area contributed by atoms with Gasteiger partial charge in [-0.3, -0.25) is 9.05 Å².